The second-order valence-corrected chi connectivity index (χ2v) is 6.60. The zero-order valence-electron chi connectivity index (χ0n) is 14.3. The normalized spacial score (nSPS) is 20.4. The maximum atomic E-state index is 11.4. The van der Waals surface area contributed by atoms with E-state index in [0.29, 0.717) is 6.04 Å². The molecule has 1 fully saturated rings. The molecule has 0 radical (unpaired) electrons. The minimum atomic E-state index is -0.588. The molecule has 0 bridgehead atoms. The Morgan fingerprint density at radius 2 is 1.82 bits per heavy atom. The third kappa shape index (κ3) is 3.82. The molecular weight excluding hydrogens is 274 g/mol. The molecule has 3 heteroatoms. The zero-order valence-corrected chi connectivity index (χ0v) is 14.3. The van der Waals surface area contributed by atoms with Gasteiger partial charge in [-0.05, 0) is 44.0 Å². The van der Waals surface area contributed by atoms with Crippen molar-refractivity contribution in [2.75, 3.05) is 14.2 Å². The van der Waals surface area contributed by atoms with Gasteiger partial charge in [0.05, 0.1) is 12.7 Å². The smallest absolute Gasteiger partial charge is 0.118 e. The molecular formula is C19H31NO2. The maximum Gasteiger partial charge on any atom is 0.118 e. The number of methoxy groups -OCH3 is 1. The van der Waals surface area contributed by atoms with Gasteiger partial charge in [-0.1, -0.05) is 44.7 Å². The van der Waals surface area contributed by atoms with Crippen molar-refractivity contribution in [3.63, 3.8) is 0 Å². The minimum Gasteiger partial charge on any atom is -0.497 e. The molecule has 1 aliphatic carbocycles. The summed E-state index contributed by atoms with van der Waals surface area (Å²) in [4.78, 5) is 0. The molecule has 1 aromatic rings. The lowest BCUT2D eigenvalue weighted by molar-refractivity contribution is -0.0325. The first-order valence-corrected chi connectivity index (χ1v) is 8.68. The van der Waals surface area contributed by atoms with Crippen LogP contribution in [0.15, 0.2) is 24.3 Å². The molecule has 0 aliphatic heterocycles. The van der Waals surface area contributed by atoms with Gasteiger partial charge in [0.2, 0.25) is 0 Å². The van der Waals surface area contributed by atoms with E-state index in [2.05, 4.69) is 24.4 Å². The van der Waals surface area contributed by atoms with Crippen molar-refractivity contribution < 1.29 is 9.84 Å². The standard InChI is InChI=1S/C19H31NO2/c1-4-8-17(20-2)18(19(21)13-6-5-7-14-19)15-9-11-16(22-3)12-10-15/h9-12,17-18,20-21H,4-8,13-14H2,1-3H3/t17-,18?/m0/s1. The minimum absolute atomic E-state index is 0.142. The van der Waals surface area contributed by atoms with Crippen molar-refractivity contribution in [1.29, 1.82) is 0 Å². The van der Waals surface area contributed by atoms with E-state index in [1.54, 1.807) is 7.11 Å². The van der Waals surface area contributed by atoms with E-state index in [1.807, 2.05) is 19.2 Å². The summed E-state index contributed by atoms with van der Waals surface area (Å²) in [6.07, 6.45) is 7.52. The van der Waals surface area contributed by atoms with Crippen LogP contribution in [0.25, 0.3) is 0 Å². The van der Waals surface area contributed by atoms with Crippen molar-refractivity contribution in [2.45, 2.75) is 69.4 Å². The Balaban J connectivity index is 2.34. The van der Waals surface area contributed by atoms with Crippen LogP contribution < -0.4 is 10.1 Å². The molecule has 1 aromatic carbocycles. The fourth-order valence-corrected chi connectivity index (χ4v) is 3.99. The highest BCUT2D eigenvalue weighted by molar-refractivity contribution is 5.32. The first-order chi connectivity index (χ1) is 10.6. The van der Waals surface area contributed by atoms with Gasteiger partial charge < -0.3 is 15.2 Å². The zero-order chi connectivity index (χ0) is 16.0. The molecule has 1 unspecified atom stereocenters. The molecule has 2 rings (SSSR count). The molecule has 22 heavy (non-hydrogen) atoms. The van der Waals surface area contributed by atoms with Crippen molar-refractivity contribution in [3.05, 3.63) is 29.8 Å². The van der Waals surface area contributed by atoms with Gasteiger partial charge in [-0.15, -0.1) is 0 Å². The summed E-state index contributed by atoms with van der Waals surface area (Å²) in [5, 5.41) is 14.8. The maximum absolute atomic E-state index is 11.4. The number of aliphatic hydroxyl groups is 1. The van der Waals surface area contributed by atoms with Crippen molar-refractivity contribution in [2.24, 2.45) is 0 Å². The molecule has 0 aromatic heterocycles. The quantitative estimate of drug-likeness (QED) is 0.803. The van der Waals surface area contributed by atoms with E-state index < -0.39 is 5.60 Å². The summed E-state index contributed by atoms with van der Waals surface area (Å²) in [5.74, 6) is 1.01. The Labute approximate surface area is 135 Å². The predicted octanol–water partition coefficient (Wildman–Crippen LogP) is 3.86. The molecule has 3 nitrogen and oxygen atoms in total. The Morgan fingerprint density at radius 1 is 1.18 bits per heavy atom. The third-order valence-corrected chi connectivity index (χ3v) is 5.15. The lowest BCUT2D eigenvalue weighted by Crippen LogP contribution is -2.48. The molecule has 2 atom stereocenters. The number of hydrogen-bond acceptors (Lipinski definition) is 3. The summed E-state index contributed by atoms with van der Waals surface area (Å²) in [6, 6.07) is 8.56. The molecule has 0 heterocycles. The van der Waals surface area contributed by atoms with Crippen LogP contribution in [-0.4, -0.2) is 30.9 Å². The fraction of sp³-hybridized carbons (Fsp3) is 0.684. The number of benzene rings is 1. The van der Waals surface area contributed by atoms with Crippen LogP contribution in [0.3, 0.4) is 0 Å². The molecule has 0 saturated heterocycles. The number of hydrogen-bond donors (Lipinski definition) is 2. The number of rotatable bonds is 7. The lowest BCUT2D eigenvalue weighted by Gasteiger charge is -2.43. The summed E-state index contributed by atoms with van der Waals surface area (Å²) in [7, 11) is 3.71. The van der Waals surface area contributed by atoms with Crippen molar-refractivity contribution in [1.82, 2.24) is 5.32 Å². The van der Waals surface area contributed by atoms with Gasteiger partial charge in [0.25, 0.3) is 0 Å². The highest BCUT2D eigenvalue weighted by Crippen LogP contribution is 2.43. The van der Waals surface area contributed by atoms with E-state index in [0.717, 1.165) is 44.3 Å². The van der Waals surface area contributed by atoms with Gasteiger partial charge >= 0.3 is 0 Å². The molecule has 1 saturated carbocycles. The highest BCUT2D eigenvalue weighted by Gasteiger charge is 2.42. The second-order valence-electron chi connectivity index (χ2n) is 6.60. The van der Waals surface area contributed by atoms with E-state index in [-0.39, 0.29) is 5.92 Å². The van der Waals surface area contributed by atoms with Crippen LogP contribution in [0.1, 0.15) is 63.4 Å². The third-order valence-electron chi connectivity index (χ3n) is 5.15. The van der Waals surface area contributed by atoms with Crippen molar-refractivity contribution >= 4 is 0 Å². The van der Waals surface area contributed by atoms with Gasteiger partial charge in [0.15, 0.2) is 0 Å². The van der Waals surface area contributed by atoms with Crippen LogP contribution in [0.4, 0.5) is 0 Å². The van der Waals surface area contributed by atoms with Gasteiger partial charge in [-0.3, -0.25) is 0 Å². The van der Waals surface area contributed by atoms with Gasteiger partial charge in [-0.25, -0.2) is 0 Å². The Morgan fingerprint density at radius 3 is 2.32 bits per heavy atom. The molecule has 1 aliphatic rings. The van der Waals surface area contributed by atoms with Gasteiger partial charge in [0.1, 0.15) is 5.75 Å². The first-order valence-electron chi connectivity index (χ1n) is 8.68. The molecule has 0 amide bonds. The van der Waals surface area contributed by atoms with Crippen molar-refractivity contribution in [3.8, 4) is 5.75 Å². The summed E-state index contributed by atoms with van der Waals surface area (Å²) in [6.45, 7) is 2.21. The Hall–Kier alpha value is -1.06. The van der Waals surface area contributed by atoms with Crippen LogP contribution in [0.2, 0.25) is 0 Å². The van der Waals surface area contributed by atoms with Gasteiger partial charge in [-0.2, -0.15) is 0 Å². The van der Waals surface area contributed by atoms with E-state index in [1.165, 1.54) is 12.0 Å². The monoisotopic (exact) mass is 305 g/mol. The highest BCUT2D eigenvalue weighted by atomic mass is 16.5. The van der Waals surface area contributed by atoms with E-state index >= 15 is 0 Å². The van der Waals surface area contributed by atoms with Crippen LogP contribution in [0.5, 0.6) is 5.75 Å². The first kappa shape index (κ1) is 17.3. The predicted molar refractivity (Wildman–Crippen MR) is 91.5 cm³/mol. The van der Waals surface area contributed by atoms with E-state index in [9.17, 15) is 5.11 Å². The van der Waals surface area contributed by atoms with Crippen LogP contribution in [0, 0.1) is 0 Å². The fourth-order valence-electron chi connectivity index (χ4n) is 3.99. The summed E-state index contributed by atoms with van der Waals surface area (Å²) in [5.41, 5.74) is 0.633. The number of nitrogens with one attached hydrogen (secondary N) is 1. The summed E-state index contributed by atoms with van der Waals surface area (Å²) >= 11 is 0. The Kier molecular flexibility index (Phi) is 6.27. The molecule has 0 spiro atoms. The van der Waals surface area contributed by atoms with Gasteiger partial charge in [0, 0.05) is 12.0 Å². The van der Waals surface area contributed by atoms with Crippen LogP contribution >= 0.6 is 0 Å². The van der Waals surface area contributed by atoms with Crippen LogP contribution in [-0.2, 0) is 0 Å². The average Bonchev–Trinajstić information content (AvgIpc) is 2.55. The summed E-state index contributed by atoms with van der Waals surface area (Å²) < 4.78 is 5.28. The molecule has 2 N–H and O–H groups in total. The largest absolute Gasteiger partial charge is 0.497 e. The SMILES string of the molecule is CCC[C@H](NC)C(c1ccc(OC)cc1)C1(O)CCCCC1. The topological polar surface area (TPSA) is 41.5 Å². The molecule has 124 valence electrons. The Bertz CT molecular complexity index is 437. The number of likely N-dealkylation sites (N-methyl/N-ethyl adjacent to an activating group) is 1. The number of ether oxygens (including phenoxy) is 1. The lowest BCUT2D eigenvalue weighted by atomic mass is 9.69. The average molecular weight is 305 g/mol. The second kappa shape index (κ2) is 7.98. The van der Waals surface area contributed by atoms with E-state index in [4.69, 9.17) is 4.74 Å².